The van der Waals surface area contributed by atoms with E-state index in [2.05, 4.69) is 32.6 Å². The molecule has 4 nitrogen and oxygen atoms in total. The van der Waals surface area contributed by atoms with E-state index >= 15 is 0 Å². The van der Waals surface area contributed by atoms with E-state index in [0.717, 1.165) is 11.1 Å². The Morgan fingerprint density at radius 1 is 1.05 bits per heavy atom. The molecule has 0 aliphatic carbocycles. The molecule has 0 aliphatic rings. The van der Waals surface area contributed by atoms with Crippen LogP contribution in [0.4, 0.5) is 0 Å². The van der Waals surface area contributed by atoms with E-state index in [9.17, 15) is 9.59 Å². The fraction of sp³-hybridized carbons (Fsp3) is 0.0769. The van der Waals surface area contributed by atoms with Gasteiger partial charge in [0.05, 0.1) is 19.3 Å². The first kappa shape index (κ1) is 13.8. The van der Waals surface area contributed by atoms with Crippen LogP contribution in [0.2, 0.25) is 0 Å². The molecule has 0 amide bonds. The molecule has 3 aromatic rings. The molecule has 0 bridgehead atoms. The Hall–Kier alpha value is -1.12. The van der Waals surface area contributed by atoms with Gasteiger partial charge in [0, 0.05) is 0 Å². The van der Waals surface area contributed by atoms with Gasteiger partial charge in [0.15, 0.2) is 0 Å². The zero-order chi connectivity index (χ0) is 14.3. The number of alkyl halides is 1. The number of halogens is 2. The summed E-state index contributed by atoms with van der Waals surface area (Å²) in [6.07, 6.45) is 0. The van der Waals surface area contributed by atoms with Gasteiger partial charge in [-0.25, -0.2) is 0 Å². The van der Waals surface area contributed by atoms with Crippen molar-refractivity contribution in [2.45, 2.75) is 5.38 Å². The van der Waals surface area contributed by atoms with E-state index in [1.165, 1.54) is 2.88 Å². The highest BCUT2D eigenvalue weighted by Crippen LogP contribution is 2.33. The highest BCUT2D eigenvalue weighted by Gasteiger charge is 2.13. The summed E-state index contributed by atoms with van der Waals surface area (Å²) in [4.78, 5) is 27.7. The first-order chi connectivity index (χ1) is 9.54. The van der Waals surface area contributed by atoms with Crippen molar-refractivity contribution >= 4 is 56.6 Å². The largest absolute Gasteiger partial charge is 0.316 e. The number of thiophene rings is 1. The van der Waals surface area contributed by atoms with Gasteiger partial charge in [-0.1, -0.05) is 6.07 Å². The molecule has 1 atom stereocenters. The SMILES string of the molecule is O=c1[nH]c2ccc(C(Cl)c3csc(I)c3)cc2[nH]c1=O. The fourth-order valence-corrected chi connectivity index (χ4v) is 3.67. The van der Waals surface area contributed by atoms with E-state index in [4.69, 9.17) is 11.6 Å². The average molecular weight is 419 g/mol. The van der Waals surface area contributed by atoms with Crippen molar-refractivity contribution in [1.82, 2.24) is 9.97 Å². The maximum atomic E-state index is 11.4. The van der Waals surface area contributed by atoms with Crippen LogP contribution in [0.15, 0.2) is 39.2 Å². The Labute approximate surface area is 136 Å². The van der Waals surface area contributed by atoms with Gasteiger partial charge in [0.25, 0.3) is 0 Å². The lowest BCUT2D eigenvalue weighted by atomic mass is 10.1. The quantitative estimate of drug-likeness (QED) is 0.381. The molecule has 1 unspecified atom stereocenters. The molecule has 102 valence electrons. The van der Waals surface area contributed by atoms with E-state index in [1.54, 1.807) is 23.5 Å². The van der Waals surface area contributed by atoms with Crippen LogP contribution < -0.4 is 11.1 Å². The lowest BCUT2D eigenvalue weighted by Crippen LogP contribution is -2.28. The lowest BCUT2D eigenvalue weighted by Gasteiger charge is -2.09. The summed E-state index contributed by atoms with van der Waals surface area (Å²) in [5.74, 6) is 0. The molecular formula is C13H8ClIN2O2S. The summed E-state index contributed by atoms with van der Waals surface area (Å²) >= 11 is 10.3. The Morgan fingerprint density at radius 2 is 1.75 bits per heavy atom. The van der Waals surface area contributed by atoms with E-state index in [-0.39, 0.29) is 5.38 Å². The summed E-state index contributed by atoms with van der Waals surface area (Å²) in [7, 11) is 0. The van der Waals surface area contributed by atoms with Crippen molar-refractivity contribution in [3.63, 3.8) is 0 Å². The van der Waals surface area contributed by atoms with Crippen molar-refractivity contribution in [2.24, 2.45) is 0 Å². The lowest BCUT2D eigenvalue weighted by molar-refractivity contribution is 1.12. The maximum Gasteiger partial charge on any atom is 0.314 e. The Balaban J connectivity index is 2.11. The molecule has 2 aromatic heterocycles. The second-order valence-electron chi connectivity index (χ2n) is 4.26. The van der Waals surface area contributed by atoms with Gasteiger partial charge < -0.3 is 9.97 Å². The summed E-state index contributed by atoms with van der Waals surface area (Å²) < 4.78 is 1.17. The Bertz CT molecular complexity index is 899. The van der Waals surface area contributed by atoms with E-state index < -0.39 is 11.1 Å². The second kappa shape index (κ2) is 5.34. The third-order valence-corrected chi connectivity index (χ3v) is 5.23. The van der Waals surface area contributed by atoms with Gasteiger partial charge in [-0.2, -0.15) is 0 Å². The predicted octanol–water partition coefficient (Wildman–Crippen LogP) is 3.21. The van der Waals surface area contributed by atoms with Crippen LogP contribution in [-0.2, 0) is 0 Å². The molecule has 1 aromatic carbocycles. The molecule has 0 radical (unpaired) electrons. The molecule has 20 heavy (non-hydrogen) atoms. The number of nitrogens with one attached hydrogen (secondary N) is 2. The fourth-order valence-electron chi connectivity index (χ4n) is 1.94. The van der Waals surface area contributed by atoms with Crippen molar-refractivity contribution in [3.05, 3.63) is 64.4 Å². The minimum atomic E-state index is -0.661. The maximum absolute atomic E-state index is 11.4. The van der Waals surface area contributed by atoms with Crippen LogP contribution in [0.1, 0.15) is 16.5 Å². The van der Waals surface area contributed by atoms with Crippen molar-refractivity contribution in [3.8, 4) is 0 Å². The van der Waals surface area contributed by atoms with Crippen LogP contribution in [-0.4, -0.2) is 9.97 Å². The van der Waals surface area contributed by atoms with Crippen LogP contribution in [0, 0.1) is 2.88 Å². The van der Waals surface area contributed by atoms with Crippen molar-refractivity contribution in [1.29, 1.82) is 0 Å². The summed E-state index contributed by atoms with van der Waals surface area (Å²) in [5, 5.41) is 1.73. The van der Waals surface area contributed by atoms with Gasteiger partial charge >= 0.3 is 11.1 Å². The topological polar surface area (TPSA) is 65.7 Å². The van der Waals surface area contributed by atoms with Crippen LogP contribution in [0.25, 0.3) is 11.0 Å². The second-order valence-corrected chi connectivity index (χ2v) is 7.50. The van der Waals surface area contributed by atoms with Crippen molar-refractivity contribution < 1.29 is 0 Å². The standard InChI is InChI=1S/C13H8ClIN2O2S/c14-11(7-4-10(15)20-5-7)6-1-2-8-9(3-6)17-13(19)12(18)16-8/h1-5,11H,(H,16,18)(H,17,19). The summed E-state index contributed by atoms with van der Waals surface area (Å²) in [6, 6.07) is 7.41. The highest BCUT2D eigenvalue weighted by molar-refractivity contribution is 14.1. The van der Waals surface area contributed by atoms with Gasteiger partial charge in [0.2, 0.25) is 0 Å². The number of aromatic amines is 2. The molecule has 3 rings (SSSR count). The summed E-state index contributed by atoms with van der Waals surface area (Å²) in [5.41, 5.74) is 1.74. The van der Waals surface area contributed by atoms with Gasteiger partial charge in [-0.3, -0.25) is 9.59 Å². The smallest absolute Gasteiger partial charge is 0.314 e. The normalized spacial score (nSPS) is 12.7. The molecule has 0 saturated heterocycles. The number of aromatic nitrogens is 2. The summed E-state index contributed by atoms with van der Waals surface area (Å²) in [6.45, 7) is 0. The number of H-pyrrole nitrogens is 2. The Morgan fingerprint density at radius 3 is 2.40 bits per heavy atom. The number of fused-ring (bicyclic) bond motifs is 1. The van der Waals surface area contributed by atoms with Crippen LogP contribution in [0.3, 0.4) is 0 Å². The number of hydrogen-bond donors (Lipinski definition) is 2. The monoisotopic (exact) mass is 418 g/mol. The van der Waals surface area contributed by atoms with Crippen LogP contribution in [0.5, 0.6) is 0 Å². The van der Waals surface area contributed by atoms with Gasteiger partial charge in [0.1, 0.15) is 0 Å². The van der Waals surface area contributed by atoms with Crippen molar-refractivity contribution in [2.75, 3.05) is 0 Å². The molecular weight excluding hydrogens is 411 g/mol. The van der Waals surface area contributed by atoms with E-state index in [0.29, 0.717) is 11.0 Å². The highest BCUT2D eigenvalue weighted by atomic mass is 127. The first-order valence-electron chi connectivity index (χ1n) is 5.69. The zero-order valence-corrected chi connectivity index (χ0v) is 13.7. The molecule has 7 heteroatoms. The van der Waals surface area contributed by atoms with Gasteiger partial charge in [-0.05, 0) is 57.3 Å². The molecule has 2 heterocycles. The molecule has 0 aliphatic heterocycles. The number of rotatable bonds is 2. The third kappa shape index (κ3) is 2.55. The molecule has 0 spiro atoms. The van der Waals surface area contributed by atoms with E-state index in [1.807, 2.05) is 17.5 Å². The Kier molecular flexibility index (Phi) is 3.70. The number of benzene rings is 1. The average Bonchev–Trinajstić information content (AvgIpc) is 2.85. The third-order valence-electron chi connectivity index (χ3n) is 2.92. The molecule has 0 saturated carbocycles. The predicted molar refractivity (Wildman–Crippen MR) is 89.9 cm³/mol. The zero-order valence-electron chi connectivity index (χ0n) is 9.94. The first-order valence-corrected chi connectivity index (χ1v) is 8.08. The minimum Gasteiger partial charge on any atom is -0.316 e. The van der Waals surface area contributed by atoms with Gasteiger partial charge in [-0.15, -0.1) is 22.9 Å². The molecule has 2 N–H and O–H groups in total. The van der Waals surface area contributed by atoms with Crippen LogP contribution >= 0.6 is 45.5 Å². The minimum absolute atomic E-state index is 0.283. The number of hydrogen-bond acceptors (Lipinski definition) is 3. The molecule has 0 fully saturated rings.